The lowest BCUT2D eigenvalue weighted by atomic mass is 9.80. The van der Waals surface area contributed by atoms with E-state index in [0.29, 0.717) is 19.0 Å². The molecule has 3 aliphatic rings. The largest absolute Gasteiger partial charge is 0.487 e. The third kappa shape index (κ3) is 5.49. The molecular formula is C29H33F4NO3. The number of hydrogen-bond acceptors (Lipinski definition) is 4. The van der Waals surface area contributed by atoms with Gasteiger partial charge in [-0.3, -0.25) is 9.69 Å². The molecule has 0 aromatic heterocycles. The highest BCUT2D eigenvalue weighted by molar-refractivity contribution is 5.73. The Labute approximate surface area is 214 Å². The van der Waals surface area contributed by atoms with Crippen LogP contribution in [0.2, 0.25) is 0 Å². The minimum absolute atomic E-state index is 0.0659. The number of alkyl halides is 3. The van der Waals surface area contributed by atoms with Crippen molar-refractivity contribution in [2.45, 2.75) is 69.7 Å². The Morgan fingerprint density at radius 1 is 1.14 bits per heavy atom. The van der Waals surface area contributed by atoms with Crippen molar-refractivity contribution in [2.75, 3.05) is 20.2 Å². The second-order valence-corrected chi connectivity index (χ2v) is 10.9. The van der Waals surface area contributed by atoms with Crippen molar-refractivity contribution in [1.82, 2.24) is 4.90 Å². The van der Waals surface area contributed by atoms with Crippen LogP contribution >= 0.6 is 0 Å². The van der Waals surface area contributed by atoms with Gasteiger partial charge in [-0.05, 0) is 85.8 Å². The maximum absolute atomic E-state index is 14.3. The van der Waals surface area contributed by atoms with Crippen LogP contribution in [0.1, 0.15) is 67.2 Å². The number of halogens is 4. The third-order valence-electron chi connectivity index (χ3n) is 8.43. The van der Waals surface area contributed by atoms with Crippen molar-refractivity contribution in [1.29, 1.82) is 0 Å². The first-order valence-electron chi connectivity index (χ1n) is 13.1. The zero-order chi connectivity index (χ0) is 26.4. The molecule has 1 saturated heterocycles. The van der Waals surface area contributed by atoms with Gasteiger partial charge in [0.25, 0.3) is 0 Å². The number of methoxy groups -OCH3 is 1. The van der Waals surface area contributed by atoms with E-state index >= 15 is 0 Å². The van der Waals surface area contributed by atoms with Crippen LogP contribution in [0.4, 0.5) is 17.6 Å². The number of rotatable bonds is 6. The van der Waals surface area contributed by atoms with E-state index in [9.17, 15) is 22.4 Å². The van der Waals surface area contributed by atoms with Gasteiger partial charge >= 0.3 is 12.1 Å². The topological polar surface area (TPSA) is 38.8 Å². The summed E-state index contributed by atoms with van der Waals surface area (Å²) in [4.78, 5) is 14.3. The molecule has 200 valence electrons. The average Bonchev–Trinajstić information content (AvgIpc) is 3.70. The quantitative estimate of drug-likeness (QED) is 0.322. The van der Waals surface area contributed by atoms with E-state index in [0.717, 1.165) is 73.6 Å². The number of ether oxygens (including phenoxy) is 2. The molecule has 1 spiro atoms. The van der Waals surface area contributed by atoms with Gasteiger partial charge < -0.3 is 9.47 Å². The third-order valence-corrected chi connectivity index (χ3v) is 8.43. The molecule has 2 atom stereocenters. The first-order valence-corrected chi connectivity index (χ1v) is 13.1. The Morgan fingerprint density at radius 3 is 2.51 bits per heavy atom. The maximum atomic E-state index is 14.3. The van der Waals surface area contributed by atoms with Crippen LogP contribution < -0.4 is 4.74 Å². The summed E-state index contributed by atoms with van der Waals surface area (Å²) in [5.41, 5.74) is 1.16. The SMILES string of the molecule is COC(=O)[C@@H](C)[C@H](c1ccc2c(c1)OC1(CC2)CCN(Cc2cc(C(F)(F)F)ccc2F)CC1)C1CC1. The van der Waals surface area contributed by atoms with Crippen LogP contribution in [0.3, 0.4) is 0 Å². The summed E-state index contributed by atoms with van der Waals surface area (Å²) in [6, 6.07) is 8.93. The number of benzene rings is 2. The molecule has 2 fully saturated rings. The van der Waals surface area contributed by atoms with Crippen LogP contribution in [0.15, 0.2) is 36.4 Å². The molecule has 0 radical (unpaired) electrons. The number of esters is 1. The number of hydrogen-bond donors (Lipinski definition) is 0. The van der Waals surface area contributed by atoms with Crippen molar-refractivity contribution >= 4 is 5.97 Å². The minimum Gasteiger partial charge on any atom is -0.487 e. The zero-order valence-electron chi connectivity index (χ0n) is 21.2. The number of carbonyl (C=O) groups is 1. The number of aryl methyl sites for hydroxylation is 1. The molecule has 2 aromatic carbocycles. The summed E-state index contributed by atoms with van der Waals surface area (Å²) in [5, 5.41) is 0. The Balaban J connectivity index is 1.27. The van der Waals surface area contributed by atoms with Gasteiger partial charge in [-0.25, -0.2) is 4.39 Å². The average molecular weight is 520 g/mol. The molecule has 1 aliphatic carbocycles. The first kappa shape index (κ1) is 26.0. The lowest BCUT2D eigenvalue weighted by Crippen LogP contribution is -2.49. The highest BCUT2D eigenvalue weighted by Gasteiger charge is 2.42. The van der Waals surface area contributed by atoms with Crippen molar-refractivity contribution in [3.05, 3.63) is 64.5 Å². The lowest BCUT2D eigenvalue weighted by molar-refractivity contribution is -0.145. The van der Waals surface area contributed by atoms with E-state index in [4.69, 9.17) is 9.47 Å². The van der Waals surface area contributed by atoms with Crippen LogP contribution in [0.25, 0.3) is 0 Å². The van der Waals surface area contributed by atoms with Gasteiger partial charge in [0.05, 0.1) is 18.6 Å². The number of nitrogens with zero attached hydrogens (tertiary/aromatic N) is 1. The van der Waals surface area contributed by atoms with E-state index in [1.807, 2.05) is 11.8 Å². The van der Waals surface area contributed by atoms with Gasteiger partial charge in [0.2, 0.25) is 0 Å². The number of fused-ring (bicyclic) bond motifs is 1. The number of piperidine rings is 1. The summed E-state index contributed by atoms with van der Waals surface area (Å²) >= 11 is 0. The Hall–Kier alpha value is -2.61. The maximum Gasteiger partial charge on any atom is 0.416 e. The van der Waals surface area contributed by atoms with Crippen molar-refractivity contribution in [2.24, 2.45) is 11.8 Å². The molecule has 2 aromatic rings. The fraction of sp³-hybridized carbons (Fsp3) is 0.552. The van der Waals surface area contributed by atoms with Crippen molar-refractivity contribution in [3.63, 3.8) is 0 Å². The number of likely N-dealkylation sites (tertiary alicyclic amines) is 1. The summed E-state index contributed by atoms with van der Waals surface area (Å²) in [6.45, 7) is 3.31. The fourth-order valence-electron chi connectivity index (χ4n) is 6.07. The smallest absolute Gasteiger partial charge is 0.416 e. The molecule has 8 heteroatoms. The Morgan fingerprint density at radius 2 is 1.86 bits per heavy atom. The molecule has 0 N–H and O–H groups in total. The van der Waals surface area contributed by atoms with E-state index in [1.54, 1.807) is 0 Å². The van der Waals surface area contributed by atoms with Gasteiger partial charge in [-0.15, -0.1) is 0 Å². The van der Waals surface area contributed by atoms with Crippen molar-refractivity contribution in [3.8, 4) is 5.75 Å². The van der Waals surface area contributed by atoms with Gasteiger partial charge in [-0.1, -0.05) is 19.1 Å². The molecule has 37 heavy (non-hydrogen) atoms. The summed E-state index contributed by atoms with van der Waals surface area (Å²) < 4.78 is 65.2. The highest BCUT2D eigenvalue weighted by Crippen LogP contribution is 2.49. The molecule has 0 amide bonds. The molecule has 2 aliphatic heterocycles. The standard InChI is InChI=1S/C29H33F4NO3/c1-18(27(35)36-2)26(20-4-5-20)21-6-3-19-9-10-28(37-25(19)16-21)11-13-34(14-12-28)17-22-15-23(29(31,32)33)7-8-24(22)30/h3,6-8,15-16,18,20,26H,4-5,9-14,17H2,1-2H3/t18-,26-/m0/s1. The predicted octanol–water partition coefficient (Wildman–Crippen LogP) is 6.51. The zero-order valence-corrected chi connectivity index (χ0v) is 21.2. The predicted molar refractivity (Wildman–Crippen MR) is 131 cm³/mol. The first-order chi connectivity index (χ1) is 17.6. The van der Waals surface area contributed by atoms with Gasteiger partial charge in [0.15, 0.2) is 0 Å². The molecule has 1 saturated carbocycles. The van der Waals surface area contributed by atoms with E-state index < -0.39 is 17.6 Å². The molecule has 5 rings (SSSR count). The minimum atomic E-state index is -4.50. The second kappa shape index (κ2) is 9.93. The van der Waals surface area contributed by atoms with Crippen LogP contribution in [0.5, 0.6) is 5.75 Å². The monoisotopic (exact) mass is 519 g/mol. The van der Waals surface area contributed by atoms with Crippen molar-refractivity contribution < 1.29 is 31.8 Å². The van der Waals surface area contributed by atoms with E-state index in [1.165, 1.54) is 7.11 Å². The molecule has 4 nitrogen and oxygen atoms in total. The normalized spacial score (nSPS) is 21.1. The fourth-order valence-corrected chi connectivity index (χ4v) is 6.07. The van der Waals surface area contributed by atoms with Crippen LogP contribution in [-0.2, 0) is 28.7 Å². The summed E-state index contributed by atoms with van der Waals surface area (Å²) in [7, 11) is 1.43. The Kier molecular flexibility index (Phi) is 6.98. The summed E-state index contributed by atoms with van der Waals surface area (Å²) in [6.07, 6.45) is 0.925. The molecule has 0 bridgehead atoms. The lowest BCUT2D eigenvalue weighted by Gasteiger charge is -2.45. The second-order valence-electron chi connectivity index (χ2n) is 10.9. The van der Waals surface area contributed by atoms with Gasteiger partial charge in [0, 0.05) is 25.2 Å². The Bertz CT molecular complexity index is 1150. The molecular weight excluding hydrogens is 486 g/mol. The molecule has 2 heterocycles. The van der Waals surface area contributed by atoms with Crippen LogP contribution in [0, 0.1) is 17.7 Å². The van der Waals surface area contributed by atoms with Crippen LogP contribution in [-0.4, -0.2) is 36.7 Å². The highest BCUT2D eigenvalue weighted by atomic mass is 19.4. The molecule has 0 unspecified atom stereocenters. The summed E-state index contributed by atoms with van der Waals surface area (Å²) in [5.74, 6) is 0.399. The van der Waals surface area contributed by atoms with Gasteiger partial charge in [0.1, 0.15) is 17.2 Å². The van der Waals surface area contributed by atoms with E-state index in [-0.39, 0.29) is 35.5 Å². The van der Waals surface area contributed by atoms with Gasteiger partial charge in [-0.2, -0.15) is 13.2 Å². The van der Waals surface area contributed by atoms with E-state index in [2.05, 4.69) is 18.2 Å². The number of carbonyl (C=O) groups excluding carboxylic acids is 1.